The molecule has 0 radical (unpaired) electrons. The molecule has 5 heterocycles. The second kappa shape index (κ2) is 14.3. The van der Waals surface area contributed by atoms with Gasteiger partial charge in [-0.05, 0) is 104 Å². The van der Waals surface area contributed by atoms with Crippen molar-refractivity contribution in [1.29, 1.82) is 0 Å². The van der Waals surface area contributed by atoms with Crippen LogP contribution in [0.25, 0.3) is 0 Å². The molecule has 246 valence electrons. The van der Waals surface area contributed by atoms with Gasteiger partial charge in [0, 0.05) is 16.7 Å². The SMILES string of the molecule is C=CC1=C2N=C(C(CC)=C2CC)C(CC)=C2N=C(C(CC)=C2CC)C(CC)=C2N=C(C=C3C=C(C(=O)OCC)C1=N3)C(CC)=C2CC. The van der Waals surface area contributed by atoms with Crippen molar-refractivity contribution in [3.63, 3.8) is 0 Å². The average molecular weight is 631 g/mol. The summed E-state index contributed by atoms with van der Waals surface area (Å²) < 4.78 is 5.55. The molecule has 0 N–H and O–H groups in total. The number of ether oxygens (including phenoxy) is 1. The van der Waals surface area contributed by atoms with Gasteiger partial charge in [-0.25, -0.2) is 24.8 Å². The van der Waals surface area contributed by atoms with Crippen molar-refractivity contribution in [2.75, 3.05) is 6.61 Å². The molecule has 0 atom stereocenters. The van der Waals surface area contributed by atoms with Crippen LogP contribution in [0.2, 0.25) is 0 Å². The van der Waals surface area contributed by atoms with Crippen LogP contribution in [0.15, 0.2) is 123 Å². The Hall–Kier alpha value is -4.19. The normalized spacial score (nSPS) is 19.5. The zero-order chi connectivity index (χ0) is 34.0. The van der Waals surface area contributed by atoms with E-state index in [0.29, 0.717) is 17.0 Å². The van der Waals surface area contributed by atoms with E-state index in [1.54, 1.807) is 6.08 Å². The third-order valence-electron chi connectivity index (χ3n) is 9.77. The van der Waals surface area contributed by atoms with Crippen molar-refractivity contribution in [1.82, 2.24) is 0 Å². The predicted octanol–water partition coefficient (Wildman–Crippen LogP) is 10.3. The fraction of sp³-hybridized carbons (Fsp3) is 0.439. The topological polar surface area (TPSA) is 75.7 Å². The lowest BCUT2D eigenvalue weighted by atomic mass is 9.88. The number of aliphatic imine (C=N–C) groups is 4. The molecule has 5 aliphatic heterocycles. The van der Waals surface area contributed by atoms with Crippen LogP contribution in [0, 0.1) is 0 Å². The third kappa shape index (κ3) is 5.60. The van der Waals surface area contributed by atoms with Gasteiger partial charge in [0.15, 0.2) is 0 Å². The summed E-state index contributed by atoms with van der Waals surface area (Å²) in [5.74, 6) is -0.399. The van der Waals surface area contributed by atoms with E-state index >= 15 is 0 Å². The first kappa shape index (κ1) is 34.2. The fourth-order valence-corrected chi connectivity index (χ4v) is 7.68. The number of nitrogens with zero attached hydrogens (tertiary/aromatic N) is 4. The van der Waals surface area contributed by atoms with E-state index in [1.165, 1.54) is 44.6 Å². The monoisotopic (exact) mass is 630 g/mol. The molecule has 0 spiro atoms. The molecular weight excluding hydrogens is 580 g/mol. The van der Waals surface area contributed by atoms with Crippen molar-refractivity contribution < 1.29 is 9.53 Å². The van der Waals surface area contributed by atoms with Crippen LogP contribution >= 0.6 is 0 Å². The number of carbonyl (C=O) groups is 1. The Morgan fingerprint density at radius 3 is 1.53 bits per heavy atom. The first-order valence-electron chi connectivity index (χ1n) is 17.8. The van der Waals surface area contributed by atoms with Crippen LogP contribution in [0.5, 0.6) is 0 Å². The number of fused-ring (bicyclic) bond motifs is 4. The van der Waals surface area contributed by atoms with Crippen molar-refractivity contribution in [3.8, 4) is 0 Å². The summed E-state index contributed by atoms with van der Waals surface area (Å²) in [5, 5.41) is 0. The molecule has 6 heteroatoms. The summed E-state index contributed by atoms with van der Waals surface area (Å²) in [6, 6.07) is 0. The van der Waals surface area contributed by atoms with E-state index in [0.717, 1.165) is 91.2 Å². The van der Waals surface area contributed by atoms with Gasteiger partial charge < -0.3 is 4.74 Å². The molecule has 0 saturated heterocycles. The third-order valence-corrected chi connectivity index (χ3v) is 9.77. The van der Waals surface area contributed by atoms with Gasteiger partial charge in [0.25, 0.3) is 0 Å². The fourth-order valence-electron chi connectivity index (χ4n) is 7.68. The van der Waals surface area contributed by atoms with E-state index in [4.69, 9.17) is 24.7 Å². The Kier molecular flexibility index (Phi) is 10.4. The maximum absolute atomic E-state index is 13.5. The predicted molar refractivity (Wildman–Crippen MR) is 197 cm³/mol. The Morgan fingerprint density at radius 1 is 0.574 bits per heavy atom. The highest BCUT2D eigenvalue weighted by Gasteiger charge is 2.35. The second-order valence-corrected chi connectivity index (χ2v) is 12.0. The standard InChI is InChI=1S/C41H50N4O2/c1-11-24-25(12-2)35-30(17-7)36-26(13-3)27(14-4)37(44-36)31(18-8)38-28(15-5)29(16-6)39(45-38)32(19-9)40-33(41(46)47-20-10)21-23(42-40)22-34(24)43-35/h19,21-22H,9,11-18,20H2,1-8,10H3. The van der Waals surface area contributed by atoms with E-state index in [-0.39, 0.29) is 6.61 Å². The highest BCUT2D eigenvalue weighted by molar-refractivity contribution is 6.31. The Morgan fingerprint density at radius 2 is 1.04 bits per heavy atom. The molecule has 8 bridgehead atoms. The first-order valence-corrected chi connectivity index (χ1v) is 17.8. The van der Waals surface area contributed by atoms with E-state index in [1.807, 2.05) is 19.1 Å². The molecule has 0 aromatic heterocycles. The van der Waals surface area contributed by atoms with E-state index < -0.39 is 5.97 Å². The first-order chi connectivity index (χ1) is 22.8. The maximum Gasteiger partial charge on any atom is 0.340 e. The van der Waals surface area contributed by atoms with Crippen molar-refractivity contribution in [2.45, 2.75) is 114 Å². The largest absolute Gasteiger partial charge is 0.462 e. The van der Waals surface area contributed by atoms with Crippen molar-refractivity contribution in [2.24, 2.45) is 20.0 Å². The summed E-state index contributed by atoms with van der Waals surface area (Å²) in [5.41, 5.74) is 18.2. The molecule has 5 rings (SSSR count). The summed E-state index contributed by atoms with van der Waals surface area (Å²) in [7, 11) is 0. The highest BCUT2D eigenvalue weighted by atomic mass is 16.5. The van der Waals surface area contributed by atoms with Crippen molar-refractivity contribution in [3.05, 3.63) is 103 Å². The van der Waals surface area contributed by atoms with Gasteiger partial charge in [0.05, 0.1) is 57.8 Å². The molecule has 47 heavy (non-hydrogen) atoms. The summed E-state index contributed by atoms with van der Waals surface area (Å²) in [6.07, 6.45) is 12.4. The molecule has 5 aliphatic rings. The molecule has 0 aromatic rings. The van der Waals surface area contributed by atoms with Gasteiger partial charge >= 0.3 is 5.97 Å². The lowest BCUT2D eigenvalue weighted by molar-refractivity contribution is -0.137. The van der Waals surface area contributed by atoms with Gasteiger partial charge in [-0.3, -0.25) is 0 Å². The Bertz CT molecular complexity index is 1820. The Labute approximate surface area is 281 Å². The molecule has 0 aromatic carbocycles. The highest BCUT2D eigenvalue weighted by Crippen LogP contribution is 2.44. The molecule has 0 saturated carbocycles. The van der Waals surface area contributed by atoms with Crippen LogP contribution < -0.4 is 0 Å². The minimum Gasteiger partial charge on any atom is -0.462 e. The van der Waals surface area contributed by atoms with E-state index in [9.17, 15) is 4.79 Å². The van der Waals surface area contributed by atoms with Crippen LogP contribution in [0.1, 0.15) is 114 Å². The molecule has 0 fully saturated rings. The number of hydrogen-bond acceptors (Lipinski definition) is 6. The molecule has 6 nitrogen and oxygen atoms in total. The Balaban J connectivity index is 1.99. The van der Waals surface area contributed by atoms with Crippen LogP contribution in [0.3, 0.4) is 0 Å². The minimum atomic E-state index is -0.399. The maximum atomic E-state index is 13.5. The average Bonchev–Trinajstić information content (AvgIpc) is 3.84. The number of allylic oxidation sites excluding steroid dienone is 12. The van der Waals surface area contributed by atoms with Gasteiger partial charge in [0.1, 0.15) is 0 Å². The molecule has 0 unspecified atom stereocenters. The molecule has 0 aliphatic carbocycles. The van der Waals surface area contributed by atoms with Crippen molar-refractivity contribution >= 4 is 28.8 Å². The van der Waals surface area contributed by atoms with Crippen LogP contribution in [-0.4, -0.2) is 35.4 Å². The number of rotatable bonds is 11. The van der Waals surface area contributed by atoms with Crippen LogP contribution in [0.4, 0.5) is 0 Å². The van der Waals surface area contributed by atoms with Gasteiger partial charge in [0.2, 0.25) is 0 Å². The zero-order valence-corrected chi connectivity index (χ0v) is 29.9. The van der Waals surface area contributed by atoms with Gasteiger partial charge in [-0.15, -0.1) is 0 Å². The quantitative estimate of drug-likeness (QED) is 0.213. The minimum absolute atomic E-state index is 0.275. The number of carbonyl (C=O) groups excluding carboxylic acids is 1. The molecule has 0 amide bonds. The lowest BCUT2D eigenvalue weighted by Gasteiger charge is -2.14. The van der Waals surface area contributed by atoms with Gasteiger partial charge in [-0.1, -0.05) is 68.0 Å². The van der Waals surface area contributed by atoms with Crippen LogP contribution in [-0.2, 0) is 9.53 Å². The lowest BCUT2D eigenvalue weighted by Crippen LogP contribution is -2.16. The number of hydrogen-bond donors (Lipinski definition) is 0. The van der Waals surface area contributed by atoms with Gasteiger partial charge in [-0.2, -0.15) is 0 Å². The summed E-state index contributed by atoms with van der Waals surface area (Å²) in [6.45, 7) is 24.0. The zero-order valence-electron chi connectivity index (χ0n) is 29.9. The molecular formula is C41H50N4O2. The number of esters is 1. The smallest absolute Gasteiger partial charge is 0.340 e. The summed E-state index contributed by atoms with van der Waals surface area (Å²) in [4.78, 5) is 34.9. The second-order valence-electron chi connectivity index (χ2n) is 12.0. The summed E-state index contributed by atoms with van der Waals surface area (Å²) >= 11 is 0. The van der Waals surface area contributed by atoms with E-state index in [2.05, 4.69) is 62.0 Å².